The van der Waals surface area contributed by atoms with E-state index < -0.39 is 31.1 Å². The number of hydrogen-bond acceptors (Lipinski definition) is 6. The molecule has 0 spiro atoms. The van der Waals surface area contributed by atoms with Gasteiger partial charge in [0.1, 0.15) is 0 Å². The number of nitro benzene ring substituents is 1. The van der Waals surface area contributed by atoms with Crippen molar-refractivity contribution in [2.24, 2.45) is 0 Å². The van der Waals surface area contributed by atoms with E-state index in [2.05, 4.69) is 0 Å². The summed E-state index contributed by atoms with van der Waals surface area (Å²) < 4.78 is 25.5. The van der Waals surface area contributed by atoms with Gasteiger partial charge in [0.2, 0.25) is 10.0 Å². The van der Waals surface area contributed by atoms with Gasteiger partial charge in [-0.1, -0.05) is 0 Å². The zero-order valence-electron chi connectivity index (χ0n) is 11.4. The number of nitrogen functional groups attached to an aromatic ring is 1. The van der Waals surface area contributed by atoms with Gasteiger partial charge in [0.25, 0.3) is 5.69 Å². The normalized spacial score (nSPS) is 12.7. The van der Waals surface area contributed by atoms with E-state index in [-0.39, 0.29) is 12.2 Å². The second-order valence-corrected chi connectivity index (χ2v) is 7.07. The number of hydrogen-bond donors (Lipinski definition) is 2. The molecular formula is C11H17N3O5S. The molecule has 0 aliphatic heterocycles. The summed E-state index contributed by atoms with van der Waals surface area (Å²) >= 11 is 0. The Kier molecular flexibility index (Phi) is 4.37. The summed E-state index contributed by atoms with van der Waals surface area (Å²) in [5, 5.41) is 20.6. The molecule has 0 heterocycles. The summed E-state index contributed by atoms with van der Waals surface area (Å²) in [6, 6.07) is 3.33. The van der Waals surface area contributed by atoms with Crippen LogP contribution in [0.15, 0.2) is 23.1 Å². The van der Waals surface area contributed by atoms with Crippen LogP contribution in [0.3, 0.4) is 0 Å². The van der Waals surface area contributed by atoms with Gasteiger partial charge < -0.3 is 10.8 Å². The van der Waals surface area contributed by atoms with E-state index in [0.29, 0.717) is 0 Å². The van der Waals surface area contributed by atoms with Gasteiger partial charge in [-0.25, -0.2) is 8.42 Å². The van der Waals surface area contributed by atoms with Crippen molar-refractivity contribution in [3.63, 3.8) is 0 Å². The molecular weight excluding hydrogens is 286 g/mol. The number of aliphatic hydroxyl groups is 1. The predicted octanol–water partition coefficient (Wildman–Crippen LogP) is 0.568. The van der Waals surface area contributed by atoms with Crippen molar-refractivity contribution in [1.29, 1.82) is 0 Å². The number of nitrogens with zero attached hydrogens (tertiary/aromatic N) is 2. The Balaban J connectivity index is 3.35. The number of nitro groups is 1. The van der Waals surface area contributed by atoms with Crippen molar-refractivity contribution in [3.8, 4) is 0 Å². The largest absolute Gasteiger partial charge is 0.399 e. The highest BCUT2D eigenvalue weighted by Gasteiger charge is 2.32. The van der Waals surface area contributed by atoms with Crippen molar-refractivity contribution >= 4 is 21.4 Å². The summed E-state index contributed by atoms with van der Waals surface area (Å²) in [5.74, 6) is 0. The van der Waals surface area contributed by atoms with Crippen LogP contribution < -0.4 is 5.73 Å². The van der Waals surface area contributed by atoms with Crippen LogP contribution in [0.25, 0.3) is 0 Å². The molecule has 0 unspecified atom stereocenters. The first-order valence-electron chi connectivity index (χ1n) is 5.68. The average molecular weight is 303 g/mol. The van der Waals surface area contributed by atoms with E-state index in [1.165, 1.54) is 27.0 Å². The second kappa shape index (κ2) is 5.35. The van der Waals surface area contributed by atoms with Crippen molar-refractivity contribution < 1.29 is 18.4 Å². The van der Waals surface area contributed by atoms with Crippen LogP contribution in [0.1, 0.15) is 13.8 Å². The molecule has 1 aromatic rings. The highest BCUT2D eigenvalue weighted by Crippen LogP contribution is 2.28. The van der Waals surface area contributed by atoms with Crippen molar-refractivity contribution in [2.45, 2.75) is 24.3 Å². The quantitative estimate of drug-likeness (QED) is 0.465. The molecule has 0 atom stereocenters. The maximum atomic E-state index is 12.3. The minimum atomic E-state index is -4.12. The molecule has 0 saturated heterocycles. The Labute approximate surface area is 117 Å². The maximum Gasteiger partial charge on any atom is 0.289 e. The van der Waals surface area contributed by atoms with E-state index in [4.69, 9.17) is 5.73 Å². The summed E-state index contributed by atoms with van der Waals surface area (Å²) in [7, 11) is -2.88. The van der Waals surface area contributed by atoms with E-state index in [1.54, 1.807) is 0 Å². The number of rotatable bonds is 5. The Bertz CT molecular complexity index is 621. The molecule has 0 aliphatic carbocycles. The van der Waals surface area contributed by atoms with E-state index in [9.17, 15) is 23.6 Å². The predicted molar refractivity (Wildman–Crippen MR) is 73.6 cm³/mol. The fourth-order valence-corrected chi connectivity index (χ4v) is 3.20. The molecule has 8 nitrogen and oxygen atoms in total. The van der Waals surface area contributed by atoms with Gasteiger partial charge in [-0.3, -0.25) is 10.1 Å². The Morgan fingerprint density at radius 1 is 1.45 bits per heavy atom. The van der Waals surface area contributed by atoms with Gasteiger partial charge in [-0.15, -0.1) is 0 Å². The van der Waals surface area contributed by atoms with Gasteiger partial charge >= 0.3 is 0 Å². The Morgan fingerprint density at radius 2 is 2.00 bits per heavy atom. The van der Waals surface area contributed by atoms with Crippen molar-refractivity contribution in [2.75, 3.05) is 19.3 Å². The third-order valence-electron chi connectivity index (χ3n) is 2.48. The zero-order chi connectivity index (χ0) is 15.7. The maximum absolute atomic E-state index is 12.3. The summed E-state index contributed by atoms with van der Waals surface area (Å²) in [4.78, 5) is 9.64. The molecule has 0 bridgehead atoms. The molecule has 0 saturated carbocycles. The highest BCUT2D eigenvalue weighted by atomic mass is 32.2. The van der Waals surface area contributed by atoms with Crippen molar-refractivity contribution in [3.05, 3.63) is 28.3 Å². The SMILES string of the molecule is CN(CC(C)(C)O)S(=O)(=O)c1cc(N)ccc1[N+](=O)[O-]. The van der Waals surface area contributed by atoms with Gasteiger partial charge in [0.15, 0.2) is 4.90 Å². The smallest absolute Gasteiger partial charge is 0.289 e. The molecule has 0 radical (unpaired) electrons. The van der Waals surface area contributed by atoms with E-state index >= 15 is 0 Å². The number of anilines is 1. The Morgan fingerprint density at radius 3 is 2.45 bits per heavy atom. The van der Waals surface area contributed by atoms with Crippen LogP contribution in [0.2, 0.25) is 0 Å². The van der Waals surface area contributed by atoms with Gasteiger partial charge in [0.05, 0.1) is 10.5 Å². The summed E-state index contributed by atoms with van der Waals surface area (Å²) in [5.41, 5.74) is 3.78. The highest BCUT2D eigenvalue weighted by molar-refractivity contribution is 7.89. The van der Waals surface area contributed by atoms with Crippen LogP contribution in [-0.2, 0) is 10.0 Å². The van der Waals surface area contributed by atoms with Gasteiger partial charge in [-0.05, 0) is 26.0 Å². The standard InChI is InChI=1S/C11H17N3O5S/c1-11(2,15)7-13(3)20(18,19)10-6-8(12)4-5-9(10)14(16)17/h4-6,15H,7,12H2,1-3H3. The first-order valence-corrected chi connectivity index (χ1v) is 7.12. The van der Waals surface area contributed by atoms with Gasteiger partial charge in [0, 0.05) is 25.3 Å². The molecule has 20 heavy (non-hydrogen) atoms. The third kappa shape index (κ3) is 3.65. The summed E-state index contributed by atoms with van der Waals surface area (Å²) in [6.45, 7) is 2.67. The topological polar surface area (TPSA) is 127 Å². The van der Waals surface area contributed by atoms with Crippen LogP contribution in [-0.4, -0.2) is 41.9 Å². The second-order valence-electron chi connectivity index (χ2n) is 5.06. The molecule has 0 amide bonds. The minimum Gasteiger partial charge on any atom is -0.399 e. The van der Waals surface area contributed by atoms with Gasteiger partial charge in [-0.2, -0.15) is 4.31 Å². The molecule has 1 aromatic carbocycles. The first kappa shape index (κ1) is 16.3. The number of nitrogens with two attached hydrogens (primary N) is 1. The van der Waals surface area contributed by atoms with E-state index in [1.807, 2.05) is 0 Å². The molecule has 1 rings (SSSR count). The fourth-order valence-electron chi connectivity index (χ4n) is 1.69. The average Bonchev–Trinajstić information content (AvgIpc) is 2.25. The molecule has 0 aromatic heterocycles. The number of benzene rings is 1. The lowest BCUT2D eigenvalue weighted by Crippen LogP contribution is -2.39. The third-order valence-corrected chi connectivity index (χ3v) is 4.31. The molecule has 9 heteroatoms. The first-order chi connectivity index (χ1) is 8.95. The van der Waals surface area contributed by atoms with Crippen molar-refractivity contribution in [1.82, 2.24) is 4.31 Å². The number of sulfonamides is 1. The van der Waals surface area contributed by atoms with Crippen LogP contribution in [0, 0.1) is 10.1 Å². The minimum absolute atomic E-state index is 0.103. The lowest BCUT2D eigenvalue weighted by atomic mass is 10.1. The zero-order valence-corrected chi connectivity index (χ0v) is 12.2. The Hall–Kier alpha value is -1.71. The van der Waals surface area contributed by atoms with Crippen LogP contribution >= 0.6 is 0 Å². The molecule has 3 N–H and O–H groups in total. The lowest BCUT2D eigenvalue weighted by molar-refractivity contribution is -0.387. The summed E-state index contributed by atoms with van der Waals surface area (Å²) in [6.07, 6.45) is 0. The van der Waals surface area contributed by atoms with Crippen LogP contribution in [0.5, 0.6) is 0 Å². The van der Waals surface area contributed by atoms with E-state index in [0.717, 1.165) is 16.4 Å². The molecule has 0 fully saturated rings. The molecule has 112 valence electrons. The monoisotopic (exact) mass is 303 g/mol. The molecule has 0 aliphatic rings. The fraction of sp³-hybridized carbons (Fsp3) is 0.455. The lowest BCUT2D eigenvalue weighted by Gasteiger charge is -2.25. The van der Waals surface area contributed by atoms with Crippen LogP contribution in [0.4, 0.5) is 11.4 Å². The number of likely N-dealkylation sites (N-methyl/N-ethyl adjacent to an activating group) is 1.